The Kier molecular flexibility index (Phi) is 4.19. The predicted molar refractivity (Wildman–Crippen MR) is 63.0 cm³/mol. The van der Waals surface area contributed by atoms with Gasteiger partial charge in [-0.3, -0.25) is 9.62 Å². The minimum atomic E-state index is -1.18. The van der Waals surface area contributed by atoms with Crippen LogP contribution in [0.2, 0.25) is 0 Å². The molecule has 0 aliphatic rings. The first-order valence-corrected chi connectivity index (χ1v) is 6.20. The molecule has 0 saturated carbocycles. The first kappa shape index (κ1) is 13.2. The first-order valence-electron chi connectivity index (χ1n) is 4.23. The Morgan fingerprint density at radius 3 is 1.77 bits per heavy atom. The van der Waals surface area contributed by atoms with Crippen molar-refractivity contribution in [1.29, 1.82) is 5.41 Å². The van der Waals surface area contributed by atoms with Crippen molar-refractivity contribution in [2.24, 2.45) is 0 Å². The van der Waals surface area contributed by atoms with Crippen LogP contribution in [0.25, 0.3) is 0 Å². The normalized spacial score (nSPS) is 15.5. The fourth-order valence-electron chi connectivity index (χ4n) is 0.594. The van der Waals surface area contributed by atoms with Gasteiger partial charge in [-0.25, -0.2) is 0 Å². The van der Waals surface area contributed by atoms with Crippen molar-refractivity contribution in [1.82, 2.24) is 0 Å². The van der Waals surface area contributed by atoms with Crippen molar-refractivity contribution < 1.29 is 4.21 Å². The van der Waals surface area contributed by atoms with Crippen LogP contribution in [0.15, 0.2) is 0 Å². The zero-order chi connectivity index (χ0) is 10.9. The van der Waals surface area contributed by atoms with Crippen LogP contribution >= 0.6 is 11.8 Å². The van der Waals surface area contributed by atoms with Gasteiger partial charge < -0.3 is 0 Å². The summed E-state index contributed by atoms with van der Waals surface area (Å²) < 4.78 is 11.6. The minimum Gasteiger partial charge on any atom is -0.286 e. The van der Waals surface area contributed by atoms with Crippen LogP contribution in [0, 0.1) is 5.41 Å². The Bertz CT molecular complexity index is 223. The number of rotatable bonds is 0. The Labute approximate surface area is 87.8 Å². The molecule has 0 aromatic carbocycles. The molecule has 0 fully saturated rings. The maximum absolute atomic E-state index is 11.7. The average molecular weight is 221 g/mol. The highest BCUT2D eigenvalue weighted by atomic mass is 32.2. The van der Waals surface area contributed by atoms with Crippen molar-refractivity contribution in [3.8, 4) is 0 Å². The number of hydrogen-bond donors (Lipinski definition) is 1. The summed E-state index contributed by atoms with van der Waals surface area (Å²) in [5.74, 6) is 0. The van der Waals surface area contributed by atoms with E-state index in [1.165, 1.54) is 11.8 Å². The fourth-order valence-corrected chi connectivity index (χ4v) is 3.51. The summed E-state index contributed by atoms with van der Waals surface area (Å²) in [4.78, 5) is 0. The molecule has 0 radical (unpaired) electrons. The van der Waals surface area contributed by atoms with E-state index in [0.29, 0.717) is 0 Å². The van der Waals surface area contributed by atoms with Crippen LogP contribution in [0.5, 0.6) is 0 Å². The Balaban J connectivity index is 4.40. The van der Waals surface area contributed by atoms with Crippen molar-refractivity contribution in [2.45, 2.75) is 51.0 Å². The lowest BCUT2D eigenvalue weighted by atomic mass is 10.3. The highest BCUT2D eigenvalue weighted by Gasteiger charge is 2.27. The molecule has 0 aliphatic heterocycles. The van der Waals surface area contributed by atoms with E-state index >= 15 is 0 Å². The van der Waals surface area contributed by atoms with Crippen LogP contribution in [0.4, 0.5) is 0 Å². The molecule has 0 spiro atoms. The summed E-state index contributed by atoms with van der Waals surface area (Å²) >= 11 is 1.37. The van der Waals surface area contributed by atoms with Crippen LogP contribution in [-0.4, -0.2) is 18.1 Å². The van der Waals surface area contributed by atoms with Gasteiger partial charge in [-0.2, -0.15) is 0 Å². The molecular weight excluding hydrogens is 202 g/mol. The van der Waals surface area contributed by atoms with Gasteiger partial charge in [0.1, 0.15) is 0 Å². The van der Waals surface area contributed by atoms with E-state index in [-0.39, 0.29) is 13.9 Å². The minimum absolute atomic E-state index is 0.0298. The molecule has 0 aromatic heterocycles. The first-order chi connectivity index (χ1) is 5.54. The van der Waals surface area contributed by atoms with E-state index in [9.17, 15) is 4.21 Å². The van der Waals surface area contributed by atoms with Gasteiger partial charge in [0.2, 0.25) is 0 Å². The third kappa shape index (κ3) is 5.47. The molecule has 1 N–H and O–H groups in total. The van der Waals surface area contributed by atoms with Gasteiger partial charge in [-0.05, 0) is 20.8 Å². The molecule has 0 saturated heterocycles. The van der Waals surface area contributed by atoms with Gasteiger partial charge in [0, 0.05) is 9.49 Å². The Morgan fingerprint density at radius 2 is 1.54 bits per heavy atom. The van der Waals surface area contributed by atoms with Gasteiger partial charge in [0.05, 0.1) is 10.8 Å². The van der Waals surface area contributed by atoms with E-state index < -0.39 is 10.8 Å². The fraction of sp³-hybridized carbons (Fsp3) is 0.889. The van der Waals surface area contributed by atoms with Crippen LogP contribution in [-0.2, 0) is 10.8 Å². The number of nitrogens with one attached hydrogen (secondary N) is 1. The second kappa shape index (κ2) is 4.13. The second-order valence-corrected chi connectivity index (χ2v) is 9.15. The summed E-state index contributed by atoms with van der Waals surface area (Å²) in [6.45, 7) is 11.7. The summed E-state index contributed by atoms with van der Waals surface area (Å²) in [5.41, 5.74) is 0. The lowest BCUT2D eigenvalue weighted by Crippen LogP contribution is -2.28. The van der Waals surface area contributed by atoms with Gasteiger partial charge >= 0.3 is 0 Å². The molecule has 0 amide bonds. The van der Waals surface area contributed by atoms with Crippen LogP contribution in [0.3, 0.4) is 0 Å². The highest BCUT2D eigenvalue weighted by molar-refractivity contribution is 8.34. The molecule has 1 unspecified atom stereocenters. The molecule has 0 aromatic rings. The van der Waals surface area contributed by atoms with E-state index in [0.717, 1.165) is 0 Å². The standard InChI is InChI=1S/C9H19NOS2/c1-8(2,3)12-7(10)13(11)9(4,5)6/h10H,1-6H3. The molecule has 2 nitrogen and oxygen atoms in total. The molecule has 0 bridgehead atoms. The van der Waals surface area contributed by atoms with Gasteiger partial charge in [-0.1, -0.05) is 32.5 Å². The van der Waals surface area contributed by atoms with Gasteiger partial charge in [0.15, 0.2) is 4.38 Å². The van der Waals surface area contributed by atoms with Crippen LogP contribution in [0.1, 0.15) is 41.5 Å². The number of hydrogen-bond acceptors (Lipinski definition) is 3. The summed E-state index contributed by atoms with van der Waals surface area (Å²) in [7, 11) is -1.18. The predicted octanol–water partition coefficient (Wildman–Crippen LogP) is 3.00. The second-order valence-electron chi connectivity index (χ2n) is 4.88. The molecule has 0 rings (SSSR count). The van der Waals surface area contributed by atoms with Crippen molar-refractivity contribution in [2.75, 3.05) is 0 Å². The average Bonchev–Trinajstić information content (AvgIpc) is 1.79. The SMILES string of the molecule is CC(C)(C)SC(=N)S(=O)C(C)(C)C. The van der Waals surface area contributed by atoms with Crippen LogP contribution < -0.4 is 0 Å². The maximum atomic E-state index is 11.7. The van der Waals surface area contributed by atoms with E-state index in [1.807, 2.05) is 41.5 Å². The lowest BCUT2D eigenvalue weighted by Gasteiger charge is -2.22. The smallest absolute Gasteiger partial charge is 0.153 e. The van der Waals surface area contributed by atoms with Crippen molar-refractivity contribution in [3.63, 3.8) is 0 Å². The third-order valence-corrected chi connectivity index (χ3v) is 4.07. The summed E-state index contributed by atoms with van der Waals surface area (Å²) in [6.07, 6.45) is 0. The van der Waals surface area contributed by atoms with Crippen molar-refractivity contribution >= 4 is 26.9 Å². The molecule has 78 valence electrons. The third-order valence-electron chi connectivity index (χ3n) is 1.12. The Hall–Kier alpha value is 0.170. The van der Waals surface area contributed by atoms with E-state index in [4.69, 9.17) is 5.41 Å². The highest BCUT2D eigenvalue weighted by Crippen LogP contribution is 2.28. The van der Waals surface area contributed by atoms with E-state index in [2.05, 4.69) is 0 Å². The summed E-state index contributed by atoms with van der Waals surface area (Å²) in [5, 5.41) is 7.67. The molecule has 1 atom stereocenters. The Morgan fingerprint density at radius 1 is 1.15 bits per heavy atom. The molecule has 13 heavy (non-hydrogen) atoms. The van der Waals surface area contributed by atoms with Gasteiger partial charge in [0.25, 0.3) is 0 Å². The quantitative estimate of drug-likeness (QED) is 0.504. The zero-order valence-electron chi connectivity index (χ0n) is 9.22. The molecule has 0 aliphatic carbocycles. The largest absolute Gasteiger partial charge is 0.286 e. The monoisotopic (exact) mass is 221 g/mol. The van der Waals surface area contributed by atoms with E-state index in [1.54, 1.807) is 0 Å². The zero-order valence-corrected chi connectivity index (χ0v) is 10.9. The molecule has 4 heteroatoms. The lowest BCUT2D eigenvalue weighted by molar-refractivity contribution is 0.658. The van der Waals surface area contributed by atoms with Gasteiger partial charge in [-0.15, -0.1) is 0 Å². The topological polar surface area (TPSA) is 40.9 Å². The molecule has 0 heterocycles. The number of thioether (sulfide) groups is 1. The summed E-state index contributed by atoms with van der Waals surface area (Å²) in [6, 6.07) is 0. The maximum Gasteiger partial charge on any atom is 0.153 e. The molecular formula is C9H19NOS2. The van der Waals surface area contributed by atoms with Crippen molar-refractivity contribution in [3.05, 3.63) is 0 Å².